The van der Waals surface area contributed by atoms with E-state index in [0.717, 1.165) is 44.0 Å². The minimum Gasteiger partial charge on any atom is -0.317 e. The van der Waals surface area contributed by atoms with Crippen LogP contribution < -0.4 is 5.32 Å². The molecule has 1 nitrogen and oxygen atoms in total. The first-order valence-electron chi connectivity index (χ1n) is 5.73. The molecule has 0 saturated carbocycles. The van der Waals surface area contributed by atoms with Crippen LogP contribution in [0.3, 0.4) is 0 Å². The van der Waals surface area contributed by atoms with E-state index >= 15 is 0 Å². The van der Waals surface area contributed by atoms with Crippen molar-refractivity contribution in [2.75, 3.05) is 13.1 Å². The predicted molar refractivity (Wildman–Crippen MR) is 60.3 cm³/mol. The highest BCUT2D eigenvalue weighted by molar-refractivity contribution is 5.19. The Hall–Kier alpha value is -0.960. The van der Waals surface area contributed by atoms with Gasteiger partial charge in [0.1, 0.15) is 11.6 Å². The van der Waals surface area contributed by atoms with Gasteiger partial charge in [0.15, 0.2) is 0 Å². The van der Waals surface area contributed by atoms with Gasteiger partial charge >= 0.3 is 0 Å². The van der Waals surface area contributed by atoms with E-state index in [9.17, 15) is 8.78 Å². The van der Waals surface area contributed by atoms with Gasteiger partial charge in [-0.1, -0.05) is 6.92 Å². The molecule has 0 amide bonds. The van der Waals surface area contributed by atoms with Crippen molar-refractivity contribution in [2.24, 2.45) is 5.41 Å². The minimum absolute atomic E-state index is 0.172. The molecule has 1 aliphatic heterocycles. The fourth-order valence-corrected chi connectivity index (χ4v) is 2.41. The molecule has 1 aliphatic rings. The molecule has 0 aromatic heterocycles. The number of nitrogens with one attached hydrogen (secondary N) is 1. The molecule has 3 heteroatoms. The lowest BCUT2D eigenvalue weighted by Crippen LogP contribution is -2.36. The van der Waals surface area contributed by atoms with Crippen molar-refractivity contribution in [3.8, 4) is 0 Å². The van der Waals surface area contributed by atoms with Crippen LogP contribution in [-0.2, 0) is 6.42 Å². The number of halogens is 2. The summed E-state index contributed by atoms with van der Waals surface area (Å²) in [7, 11) is 0. The molecule has 0 radical (unpaired) electrons. The van der Waals surface area contributed by atoms with Crippen molar-refractivity contribution in [1.82, 2.24) is 5.32 Å². The van der Waals surface area contributed by atoms with Gasteiger partial charge in [-0.3, -0.25) is 0 Å². The third-order valence-electron chi connectivity index (χ3n) is 3.36. The Kier molecular flexibility index (Phi) is 3.24. The molecular weight excluding hydrogens is 208 g/mol. The largest absolute Gasteiger partial charge is 0.317 e. The highest BCUT2D eigenvalue weighted by atomic mass is 19.1. The summed E-state index contributed by atoms with van der Waals surface area (Å²) in [6.07, 6.45) is 2.87. The monoisotopic (exact) mass is 225 g/mol. The highest BCUT2D eigenvalue weighted by Gasteiger charge is 2.27. The van der Waals surface area contributed by atoms with E-state index in [1.165, 1.54) is 12.1 Å². The molecule has 1 fully saturated rings. The Labute approximate surface area is 94.9 Å². The summed E-state index contributed by atoms with van der Waals surface area (Å²) in [5.41, 5.74) is 0.938. The van der Waals surface area contributed by atoms with Gasteiger partial charge in [-0.2, -0.15) is 0 Å². The van der Waals surface area contributed by atoms with Gasteiger partial charge in [0.05, 0.1) is 0 Å². The second kappa shape index (κ2) is 4.50. The number of benzene rings is 1. The second-order valence-corrected chi connectivity index (χ2v) is 5.02. The van der Waals surface area contributed by atoms with Crippen molar-refractivity contribution in [1.29, 1.82) is 0 Å². The number of hydrogen-bond acceptors (Lipinski definition) is 1. The SMILES string of the molecule is CC1(Cc2cc(F)cc(F)c2)CCNCC1. The van der Waals surface area contributed by atoms with Gasteiger partial charge in [-0.15, -0.1) is 0 Å². The first kappa shape index (κ1) is 11.5. The summed E-state index contributed by atoms with van der Waals surface area (Å²) in [5.74, 6) is -0.958. The first-order valence-corrected chi connectivity index (χ1v) is 5.73. The molecule has 16 heavy (non-hydrogen) atoms. The number of rotatable bonds is 2. The maximum absolute atomic E-state index is 13.1. The van der Waals surface area contributed by atoms with Crippen LogP contribution in [0.4, 0.5) is 8.78 Å². The molecule has 0 atom stereocenters. The standard InChI is InChI=1S/C13H17F2N/c1-13(2-4-16-5-3-13)9-10-6-11(14)8-12(15)7-10/h6-8,16H,2-5,9H2,1H3. The third kappa shape index (κ3) is 2.79. The van der Waals surface area contributed by atoms with E-state index in [-0.39, 0.29) is 5.41 Å². The van der Waals surface area contributed by atoms with Gasteiger partial charge in [0, 0.05) is 6.07 Å². The second-order valence-electron chi connectivity index (χ2n) is 5.02. The summed E-state index contributed by atoms with van der Waals surface area (Å²) in [4.78, 5) is 0. The van der Waals surface area contributed by atoms with E-state index in [1.807, 2.05) is 0 Å². The predicted octanol–water partition coefficient (Wildman–Crippen LogP) is 2.90. The molecule has 1 aromatic rings. The highest BCUT2D eigenvalue weighted by Crippen LogP contribution is 2.32. The van der Waals surface area contributed by atoms with E-state index < -0.39 is 11.6 Å². The zero-order chi connectivity index (χ0) is 11.6. The molecule has 0 bridgehead atoms. The average molecular weight is 225 g/mol. The molecular formula is C13H17F2N. The summed E-state index contributed by atoms with van der Waals surface area (Å²) < 4.78 is 26.1. The lowest BCUT2D eigenvalue weighted by atomic mass is 9.76. The van der Waals surface area contributed by atoms with Crippen molar-refractivity contribution in [3.63, 3.8) is 0 Å². The van der Waals surface area contributed by atoms with Crippen molar-refractivity contribution in [3.05, 3.63) is 35.4 Å². The Bertz CT molecular complexity index is 350. The topological polar surface area (TPSA) is 12.0 Å². The van der Waals surface area contributed by atoms with Crippen molar-refractivity contribution in [2.45, 2.75) is 26.2 Å². The smallest absolute Gasteiger partial charge is 0.126 e. The van der Waals surface area contributed by atoms with Crippen LogP contribution in [0.5, 0.6) is 0 Å². The molecule has 2 rings (SSSR count). The molecule has 0 aliphatic carbocycles. The van der Waals surface area contributed by atoms with E-state index in [1.54, 1.807) is 0 Å². The van der Waals surface area contributed by atoms with Crippen LogP contribution in [0.1, 0.15) is 25.3 Å². The lowest BCUT2D eigenvalue weighted by Gasteiger charge is -2.34. The van der Waals surface area contributed by atoms with Crippen LogP contribution in [0.25, 0.3) is 0 Å². The maximum Gasteiger partial charge on any atom is 0.126 e. The fourth-order valence-electron chi connectivity index (χ4n) is 2.41. The van der Waals surface area contributed by atoms with Crippen molar-refractivity contribution < 1.29 is 8.78 Å². The van der Waals surface area contributed by atoms with Crippen LogP contribution >= 0.6 is 0 Å². The maximum atomic E-state index is 13.1. The van der Waals surface area contributed by atoms with Gasteiger partial charge < -0.3 is 5.32 Å². The third-order valence-corrected chi connectivity index (χ3v) is 3.36. The summed E-state index contributed by atoms with van der Waals surface area (Å²) in [5, 5.41) is 3.30. The Morgan fingerprint density at radius 3 is 2.25 bits per heavy atom. The average Bonchev–Trinajstić information content (AvgIpc) is 2.15. The fraction of sp³-hybridized carbons (Fsp3) is 0.538. The zero-order valence-corrected chi connectivity index (χ0v) is 9.52. The molecule has 1 heterocycles. The van der Waals surface area contributed by atoms with E-state index in [0.29, 0.717) is 0 Å². The van der Waals surface area contributed by atoms with Gasteiger partial charge in [0.25, 0.3) is 0 Å². The van der Waals surface area contributed by atoms with Crippen LogP contribution in [0.15, 0.2) is 18.2 Å². The Morgan fingerprint density at radius 1 is 1.12 bits per heavy atom. The van der Waals surface area contributed by atoms with Gasteiger partial charge in [0.2, 0.25) is 0 Å². The quantitative estimate of drug-likeness (QED) is 0.816. The van der Waals surface area contributed by atoms with E-state index in [4.69, 9.17) is 0 Å². The lowest BCUT2D eigenvalue weighted by molar-refractivity contribution is 0.228. The zero-order valence-electron chi connectivity index (χ0n) is 9.52. The summed E-state index contributed by atoms with van der Waals surface area (Å²) >= 11 is 0. The Balaban J connectivity index is 2.13. The molecule has 88 valence electrons. The molecule has 1 aromatic carbocycles. The first-order chi connectivity index (χ1) is 7.57. The van der Waals surface area contributed by atoms with Crippen LogP contribution in [0.2, 0.25) is 0 Å². The van der Waals surface area contributed by atoms with Crippen molar-refractivity contribution >= 4 is 0 Å². The van der Waals surface area contributed by atoms with E-state index in [2.05, 4.69) is 12.2 Å². The molecule has 1 saturated heterocycles. The normalized spacial score (nSPS) is 19.7. The summed E-state index contributed by atoms with van der Waals surface area (Å²) in [6.45, 7) is 4.18. The van der Waals surface area contributed by atoms with Crippen LogP contribution in [0, 0.1) is 17.0 Å². The minimum atomic E-state index is -0.479. The number of piperidine rings is 1. The Morgan fingerprint density at radius 2 is 1.69 bits per heavy atom. The summed E-state index contributed by atoms with van der Waals surface area (Å²) in [6, 6.07) is 3.81. The van der Waals surface area contributed by atoms with Gasteiger partial charge in [-0.25, -0.2) is 8.78 Å². The molecule has 1 N–H and O–H groups in total. The van der Waals surface area contributed by atoms with Gasteiger partial charge in [-0.05, 0) is 55.5 Å². The van der Waals surface area contributed by atoms with Crippen LogP contribution in [-0.4, -0.2) is 13.1 Å². The molecule has 0 spiro atoms. The number of hydrogen-bond donors (Lipinski definition) is 1. The molecule has 0 unspecified atom stereocenters.